The molecule has 1 aliphatic rings. The Morgan fingerprint density at radius 1 is 1.12 bits per heavy atom. The van der Waals surface area contributed by atoms with E-state index in [9.17, 15) is 0 Å². The van der Waals surface area contributed by atoms with Gasteiger partial charge in [-0.05, 0) is 24.4 Å². The Morgan fingerprint density at radius 2 is 1.81 bits per heavy atom. The Morgan fingerprint density at radius 3 is 2.44 bits per heavy atom. The third-order valence-corrected chi connectivity index (χ3v) is 3.73. The zero-order chi connectivity index (χ0) is 11.2. The summed E-state index contributed by atoms with van der Waals surface area (Å²) >= 11 is 0. The molecule has 0 aromatic heterocycles. The van der Waals surface area contributed by atoms with E-state index in [4.69, 9.17) is 0 Å². The Labute approximate surface area is 101 Å². The number of nitrogens with zero attached hydrogens (tertiary/aromatic N) is 1. The van der Waals surface area contributed by atoms with Gasteiger partial charge in [0.15, 0.2) is 7.31 Å². The van der Waals surface area contributed by atoms with Crippen LogP contribution in [-0.4, -0.2) is 25.9 Å². The quantitative estimate of drug-likeness (QED) is 0.688. The van der Waals surface area contributed by atoms with Crippen molar-refractivity contribution in [2.75, 3.05) is 0 Å². The number of hydrogen-bond donors (Lipinski definition) is 0. The number of rotatable bonds is 4. The lowest BCUT2D eigenvalue weighted by molar-refractivity contribution is 0.255. The van der Waals surface area contributed by atoms with Gasteiger partial charge in [-0.25, -0.2) is 0 Å². The molecule has 16 heavy (non-hydrogen) atoms. The normalized spacial score (nSPS) is 17.6. The molecule has 84 valence electrons. The van der Waals surface area contributed by atoms with E-state index in [0.29, 0.717) is 0 Å². The van der Waals surface area contributed by atoms with Crippen LogP contribution in [0.4, 0.5) is 0 Å². The molecule has 0 bridgehead atoms. The van der Waals surface area contributed by atoms with Gasteiger partial charge in [-0.3, -0.25) is 0 Å². The highest BCUT2D eigenvalue weighted by Crippen LogP contribution is 2.23. The van der Waals surface area contributed by atoms with E-state index >= 15 is 0 Å². The van der Waals surface area contributed by atoms with Gasteiger partial charge in [-0.2, -0.15) is 0 Å². The van der Waals surface area contributed by atoms with Crippen molar-refractivity contribution >= 4 is 15.0 Å². The monoisotopic (exact) mass is 213 g/mol. The summed E-state index contributed by atoms with van der Waals surface area (Å²) in [5, 5.41) is 0. The Balaban J connectivity index is 1.94. The van der Waals surface area contributed by atoms with Crippen molar-refractivity contribution in [2.24, 2.45) is 0 Å². The fourth-order valence-electron chi connectivity index (χ4n) is 2.76. The summed E-state index contributed by atoms with van der Waals surface area (Å²) in [4.78, 5) is 2.65. The molecule has 0 saturated heterocycles. The van der Waals surface area contributed by atoms with Crippen LogP contribution in [-0.2, 0) is 6.54 Å². The second-order valence-electron chi connectivity index (χ2n) is 4.84. The maximum Gasteiger partial charge on any atom is 0.162 e. The maximum atomic E-state index is 2.65. The van der Waals surface area contributed by atoms with E-state index in [-0.39, 0.29) is 0 Å². The molecule has 0 radical (unpaired) electrons. The largest absolute Gasteiger partial charge is 0.347 e. The average molecular weight is 213 g/mol. The van der Waals surface area contributed by atoms with E-state index in [1.165, 1.54) is 45.0 Å². The molecule has 1 aromatic carbocycles. The fourth-order valence-corrected chi connectivity index (χ4v) is 2.76. The van der Waals surface area contributed by atoms with Gasteiger partial charge in [0.05, 0.1) is 7.74 Å². The van der Waals surface area contributed by atoms with Crippen LogP contribution in [0.15, 0.2) is 30.3 Å². The first-order chi connectivity index (χ1) is 7.90. The molecule has 1 fully saturated rings. The first-order valence-electron chi connectivity index (χ1n) is 6.68. The second-order valence-corrected chi connectivity index (χ2v) is 4.84. The van der Waals surface area contributed by atoms with Crippen molar-refractivity contribution in [3.8, 4) is 0 Å². The topological polar surface area (TPSA) is 3.24 Å². The molecule has 0 heterocycles. The molecule has 0 N–H and O–H groups in total. The van der Waals surface area contributed by atoms with E-state index in [1.807, 2.05) is 0 Å². The lowest BCUT2D eigenvalue weighted by Gasteiger charge is -2.34. The van der Waals surface area contributed by atoms with Crippen LogP contribution in [0.1, 0.15) is 37.7 Å². The molecule has 1 aliphatic carbocycles. The summed E-state index contributed by atoms with van der Waals surface area (Å²) in [6.07, 6.45) is 7.10. The smallest absolute Gasteiger partial charge is 0.162 e. The summed E-state index contributed by atoms with van der Waals surface area (Å²) in [5.41, 5.74) is 1.45. The Hall–Kier alpha value is -0.690. The molecule has 0 atom stereocenters. The SMILES string of the molecule is BBN(Cc1ccccc1)C1CCCCC1. The minimum atomic E-state index is 0.832. The zero-order valence-electron chi connectivity index (χ0n) is 10.4. The van der Waals surface area contributed by atoms with Gasteiger partial charge in [0.25, 0.3) is 0 Å². The van der Waals surface area contributed by atoms with Gasteiger partial charge in [0.1, 0.15) is 0 Å². The second kappa shape index (κ2) is 6.15. The summed E-state index contributed by atoms with van der Waals surface area (Å²) in [6.45, 7) is 1.13. The van der Waals surface area contributed by atoms with Crippen LogP contribution in [0.2, 0.25) is 0 Å². The van der Waals surface area contributed by atoms with Gasteiger partial charge in [-0.15, -0.1) is 0 Å². The number of benzene rings is 1. The van der Waals surface area contributed by atoms with Crippen LogP contribution >= 0.6 is 0 Å². The third kappa shape index (κ3) is 3.15. The average Bonchev–Trinajstić information content (AvgIpc) is 2.38. The minimum absolute atomic E-state index is 0.832. The van der Waals surface area contributed by atoms with E-state index in [1.54, 1.807) is 0 Å². The Bertz CT molecular complexity index is 296. The summed E-state index contributed by atoms with van der Waals surface area (Å²) in [5.74, 6) is 0. The van der Waals surface area contributed by atoms with Crippen LogP contribution in [0.5, 0.6) is 0 Å². The highest BCUT2D eigenvalue weighted by molar-refractivity contribution is 6.87. The number of hydrogen-bond acceptors (Lipinski definition) is 1. The maximum absolute atomic E-state index is 2.65. The predicted molar refractivity (Wildman–Crippen MR) is 74.6 cm³/mol. The summed E-state index contributed by atoms with van der Waals surface area (Å²) in [7, 11) is 3.47. The first-order valence-corrected chi connectivity index (χ1v) is 6.68. The van der Waals surface area contributed by atoms with Crippen molar-refractivity contribution in [1.29, 1.82) is 0 Å². The minimum Gasteiger partial charge on any atom is -0.347 e. The molecular weight excluding hydrogens is 192 g/mol. The van der Waals surface area contributed by atoms with Crippen molar-refractivity contribution < 1.29 is 0 Å². The summed E-state index contributed by atoms with van der Waals surface area (Å²) in [6, 6.07) is 11.7. The standard InChI is InChI=1S/C13H21B2N/c14-15-16(13-9-5-2-6-10-13)11-12-7-3-1-4-8-12/h1,3-4,7-8,13,15H,2,5-6,9-11,14H2. The molecule has 3 heteroatoms. The van der Waals surface area contributed by atoms with Gasteiger partial charge in [0.2, 0.25) is 0 Å². The van der Waals surface area contributed by atoms with Gasteiger partial charge < -0.3 is 4.81 Å². The van der Waals surface area contributed by atoms with Crippen LogP contribution < -0.4 is 0 Å². The van der Waals surface area contributed by atoms with Crippen LogP contribution in [0, 0.1) is 0 Å². The van der Waals surface area contributed by atoms with Gasteiger partial charge in [0, 0.05) is 6.54 Å². The molecule has 0 amide bonds. The van der Waals surface area contributed by atoms with Crippen molar-refractivity contribution in [2.45, 2.75) is 44.7 Å². The van der Waals surface area contributed by atoms with Crippen molar-refractivity contribution in [1.82, 2.24) is 4.81 Å². The van der Waals surface area contributed by atoms with Crippen molar-refractivity contribution in [3.05, 3.63) is 35.9 Å². The molecule has 1 aromatic rings. The first kappa shape index (κ1) is 11.8. The lowest BCUT2D eigenvalue weighted by atomic mass is 9.63. The van der Waals surface area contributed by atoms with Crippen molar-refractivity contribution in [3.63, 3.8) is 0 Å². The molecule has 2 rings (SSSR count). The zero-order valence-corrected chi connectivity index (χ0v) is 10.4. The highest BCUT2D eigenvalue weighted by atomic mass is 15.1. The highest BCUT2D eigenvalue weighted by Gasteiger charge is 2.19. The lowest BCUT2D eigenvalue weighted by Crippen LogP contribution is -2.39. The summed E-state index contributed by atoms with van der Waals surface area (Å²) < 4.78 is 0. The van der Waals surface area contributed by atoms with Gasteiger partial charge >= 0.3 is 0 Å². The molecule has 1 saturated carbocycles. The molecular formula is C13H21B2N. The molecule has 0 aliphatic heterocycles. The Kier molecular flexibility index (Phi) is 4.53. The molecule has 0 unspecified atom stereocenters. The van der Waals surface area contributed by atoms with Crippen LogP contribution in [0.25, 0.3) is 0 Å². The van der Waals surface area contributed by atoms with E-state index in [0.717, 1.165) is 12.6 Å². The van der Waals surface area contributed by atoms with E-state index in [2.05, 4.69) is 42.9 Å². The third-order valence-electron chi connectivity index (χ3n) is 3.73. The molecule has 1 nitrogen and oxygen atoms in total. The van der Waals surface area contributed by atoms with Gasteiger partial charge in [-0.1, -0.05) is 49.6 Å². The fraction of sp³-hybridized carbons (Fsp3) is 0.538. The van der Waals surface area contributed by atoms with E-state index < -0.39 is 0 Å². The van der Waals surface area contributed by atoms with Crippen LogP contribution in [0.3, 0.4) is 0 Å². The predicted octanol–water partition coefficient (Wildman–Crippen LogP) is 1.72. The molecule has 0 spiro atoms.